The summed E-state index contributed by atoms with van der Waals surface area (Å²) in [5.41, 5.74) is -0.891. The average molecular weight is 300 g/mol. The lowest BCUT2D eigenvalue weighted by Crippen LogP contribution is -2.27. The lowest BCUT2D eigenvalue weighted by molar-refractivity contribution is -0.137. The molecule has 0 radical (unpaired) electrons. The van der Waals surface area contributed by atoms with E-state index >= 15 is 0 Å². The van der Waals surface area contributed by atoms with E-state index in [1.165, 1.54) is 12.1 Å². The Kier molecular flexibility index (Phi) is 4.40. The standard InChI is InChI=1S/C14H15F3N2O2/c1-20-12-7-19(8-13(12)21-2)10-4-3-9(6-18)11(5-10)14(15,16)17/h3-5,12-13H,7-8H2,1-2H3. The van der Waals surface area contributed by atoms with Crippen molar-refractivity contribution in [2.24, 2.45) is 0 Å². The van der Waals surface area contributed by atoms with Crippen LogP contribution in [-0.4, -0.2) is 39.5 Å². The maximum Gasteiger partial charge on any atom is 0.417 e. The van der Waals surface area contributed by atoms with Crippen molar-refractivity contribution in [3.05, 3.63) is 29.3 Å². The van der Waals surface area contributed by atoms with E-state index in [0.717, 1.165) is 6.07 Å². The van der Waals surface area contributed by atoms with Gasteiger partial charge in [0, 0.05) is 33.0 Å². The lowest BCUT2D eigenvalue weighted by atomic mass is 10.1. The van der Waals surface area contributed by atoms with Crippen LogP contribution >= 0.6 is 0 Å². The number of hydrogen-bond donors (Lipinski definition) is 0. The van der Waals surface area contributed by atoms with Crippen LogP contribution in [0.25, 0.3) is 0 Å². The Morgan fingerprint density at radius 2 is 1.76 bits per heavy atom. The fraction of sp³-hybridized carbons (Fsp3) is 0.500. The number of alkyl halides is 3. The zero-order valence-electron chi connectivity index (χ0n) is 11.6. The molecule has 0 amide bonds. The van der Waals surface area contributed by atoms with Gasteiger partial charge in [-0.25, -0.2) is 0 Å². The summed E-state index contributed by atoms with van der Waals surface area (Å²) in [5.74, 6) is 0. The van der Waals surface area contributed by atoms with Crippen LogP contribution in [-0.2, 0) is 15.7 Å². The minimum atomic E-state index is -4.55. The first-order valence-corrected chi connectivity index (χ1v) is 6.32. The second-order valence-electron chi connectivity index (χ2n) is 4.79. The normalized spacial score (nSPS) is 22.4. The molecule has 1 aromatic carbocycles. The van der Waals surface area contributed by atoms with Gasteiger partial charge in [-0.1, -0.05) is 0 Å². The molecule has 0 spiro atoms. The molecule has 0 bridgehead atoms. The number of nitriles is 1. The Morgan fingerprint density at radius 1 is 1.19 bits per heavy atom. The van der Waals surface area contributed by atoms with E-state index in [9.17, 15) is 13.2 Å². The second kappa shape index (κ2) is 5.92. The molecular weight excluding hydrogens is 285 g/mol. The predicted octanol–water partition coefficient (Wildman–Crippen LogP) is 2.43. The van der Waals surface area contributed by atoms with E-state index in [0.29, 0.717) is 18.8 Å². The second-order valence-corrected chi connectivity index (χ2v) is 4.79. The molecule has 1 heterocycles. The van der Waals surface area contributed by atoms with Crippen LogP contribution in [0.5, 0.6) is 0 Å². The molecule has 21 heavy (non-hydrogen) atoms. The highest BCUT2D eigenvalue weighted by atomic mass is 19.4. The highest BCUT2D eigenvalue weighted by molar-refractivity contribution is 5.55. The van der Waals surface area contributed by atoms with E-state index in [-0.39, 0.29) is 17.8 Å². The van der Waals surface area contributed by atoms with Crippen molar-refractivity contribution in [1.82, 2.24) is 0 Å². The van der Waals surface area contributed by atoms with Gasteiger partial charge < -0.3 is 14.4 Å². The molecule has 1 aromatic rings. The number of hydrogen-bond acceptors (Lipinski definition) is 4. The molecule has 2 rings (SSSR count). The predicted molar refractivity (Wildman–Crippen MR) is 70.0 cm³/mol. The molecule has 1 aliphatic rings. The third-order valence-electron chi connectivity index (χ3n) is 3.61. The van der Waals surface area contributed by atoms with Crippen LogP contribution in [0.4, 0.5) is 18.9 Å². The molecule has 7 heteroatoms. The topological polar surface area (TPSA) is 45.5 Å². The monoisotopic (exact) mass is 300 g/mol. The Morgan fingerprint density at radius 3 is 2.19 bits per heavy atom. The molecule has 114 valence electrons. The van der Waals surface area contributed by atoms with Gasteiger partial charge in [-0.15, -0.1) is 0 Å². The Labute approximate surface area is 120 Å². The number of rotatable bonds is 3. The smallest absolute Gasteiger partial charge is 0.377 e. The molecule has 0 aliphatic carbocycles. The van der Waals surface area contributed by atoms with Gasteiger partial charge in [0.1, 0.15) is 12.2 Å². The molecule has 0 saturated carbocycles. The van der Waals surface area contributed by atoms with Crippen LogP contribution < -0.4 is 4.90 Å². The maximum atomic E-state index is 13.0. The first kappa shape index (κ1) is 15.6. The largest absolute Gasteiger partial charge is 0.417 e. The summed E-state index contributed by atoms with van der Waals surface area (Å²) in [4.78, 5) is 1.76. The van der Waals surface area contributed by atoms with Gasteiger partial charge in [0.25, 0.3) is 0 Å². The SMILES string of the molecule is COC1CN(c2ccc(C#N)c(C(F)(F)F)c2)CC1OC. The number of nitrogens with zero attached hydrogens (tertiary/aromatic N) is 2. The van der Waals surface area contributed by atoms with Crippen molar-refractivity contribution in [3.8, 4) is 6.07 Å². The highest BCUT2D eigenvalue weighted by Crippen LogP contribution is 2.35. The molecular formula is C14H15F3N2O2. The van der Waals surface area contributed by atoms with E-state index in [1.54, 1.807) is 25.2 Å². The van der Waals surface area contributed by atoms with E-state index in [1.807, 2.05) is 0 Å². The van der Waals surface area contributed by atoms with Gasteiger partial charge in [-0.2, -0.15) is 18.4 Å². The minimum Gasteiger partial charge on any atom is -0.377 e. The quantitative estimate of drug-likeness (QED) is 0.860. The Balaban J connectivity index is 2.32. The van der Waals surface area contributed by atoms with Gasteiger partial charge in [-0.3, -0.25) is 0 Å². The third-order valence-corrected chi connectivity index (χ3v) is 3.61. The summed E-state index contributed by atoms with van der Waals surface area (Å²) in [5, 5.41) is 8.79. The molecule has 1 aliphatic heterocycles. The van der Waals surface area contributed by atoms with Gasteiger partial charge in [0.2, 0.25) is 0 Å². The first-order valence-electron chi connectivity index (χ1n) is 6.32. The van der Waals surface area contributed by atoms with Crippen LogP contribution in [0.3, 0.4) is 0 Å². The van der Waals surface area contributed by atoms with Crippen molar-refractivity contribution in [1.29, 1.82) is 5.26 Å². The highest BCUT2D eigenvalue weighted by Gasteiger charge is 2.37. The van der Waals surface area contributed by atoms with E-state index < -0.39 is 11.7 Å². The molecule has 1 fully saturated rings. The summed E-state index contributed by atoms with van der Waals surface area (Å²) >= 11 is 0. The summed E-state index contributed by atoms with van der Waals surface area (Å²) in [7, 11) is 3.08. The summed E-state index contributed by atoms with van der Waals surface area (Å²) in [6.45, 7) is 0.885. The first-order chi connectivity index (χ1) is 9.90. The van der Waals surface area contributed by atoms with Crippen molar-refractivity contribution in [3.63, 3.8) is 0 Å². The van der Waals surface area contributed by atoms with E-state index in [4.69, 9.17) is 14.7 Å². The number of halogens is 3. The number of ether oxygens (including phenoxy) is 2. The third kappa shape index (κ3) is 3.12. The molecule has 0 aromatic heterocycles. The van der Waals surface area contributed by atoms with Crippen LogP contribution in [0.2, 0.25) is 0 Å². The van der Waals surface area contributed by atoms with E-state index in [2.05, 4.69) is 0 Å². The van der Waals surface area contributed by atoms with Crippen LogP contribution in [0.1, 0.15) is 11.1 Å². The van der Waals surface area contributed by atoms with Crippen molar-refractivity contribution < 1.29 is 22.6 Å². The van der Waals surface area contributed by atoms with Gasteiger partial charge in [-0.05, 0) is 18.2 Å². The fourth-order valence-electron chi connectivity index (χ4n) is 2.47. The number of methoxy groups -OCH3 is 2. The summed E-state index contributed by atoms with van der Waals surface area (Å²) in [6, 6.07) is 5.28. The van der Waals surface area contributed by atoms with Crippen molar-refractivity contribution in [2.45, 2.75) is 18.4 Å². The van der Waals surface area contributed by atoms with Gasteiger partial charge in [0.05, 0.1) is 17.2 Å². The summed E-state index contributed by atoms with van der Waals surface area (Å²) < 4.78 is 49.4. The molecule has 2 atom stereocenters. The maximum absolute atomic E-state index is 13.0. The average Bonchev–Trinajstić information content (AvgIpc) is 2.89. The molecule has 1 saturated heterocycles. The zero-order valence-corrected chi connectivity index (χ0v) is 11.6. The van der Waals surface area contributed by atoms with Crippen molar-refractivity contribution in [2.75, 3.05) is 32.2 Å². The van der Waals surface area contributed by atoms with Crippen LogP contribution in [0, 0.1) is 11.3 Å². The molecule has 2 unspecified atom stereocenters. The molecule has 4 nitrogen and oxygen atoms in total. The lowest BCUT2D eigenvalue weighted by Gasteiger charge is -2.20. The fourth-order valence-corrected chi connectivity index (χ4v) is 2.47. The number of benzene rings is 1. The van der Waals surface area contributed by atoms with Crippen LogP contribution in [0.15, 0.2) is 18.2 Å². The Hall–Kier alpha value is -1.78. The summed E-state index contributed by atoms with van der Waals surface area (Å²) in [6.07, 6.45) is -4.94. The minimum absolute atomic E-state index is 0.194. The van der Waals surface area contributed by atoms with Gasteiger partial charge >= 0.3 is 6.18 Å². The van der Waals surface area contributed by atoms with Crippen molar-refractivity contribution >= 4 is 5.69 Å². The molecule has 0 N–H and O–H groups in total. The Bertz CT molecular complexity index is 542. The van der Waals surface area contributed by atoms with Gasteiger partial charge in [0.15, 0.2) is 0 Å². The number of anilines is 1. The zero-order chi connectivity index (χ0) is 15.6.